The number of halogens is 1. The molecule has 0 bridgehead atoms. The zero-order valence-electron chi connectivity index (χ0n) is 11.8. The van der Waals surface area contributed by atoms with Gasteiger partial charge in [0.1, 0.15) is 0 Å². The van der Waals surface area contributed by atoms with Gasteiger partial charge in [-0.1, -0.05) is 58.4 Å². The van der Waals surface area contributed by atoms with Crippen LogP contribution in [0.25, 0.3) is 10.9 Å². The van der Waals surface area contributed by atoms with Gasteiger partial charge in [-0.3, -0.25) is 4.79 Å². The van der Waals surface area contributed by atoms with Crippen molar-refractivity contribution >= 4 is 26.8 Å². The quantitative estimate of drug-likeness (QED) is 0.652. The molecular formula is C18H16BrNO. The highest BCUT2D eigenvalue weighted by atomic mass is 79.9. The molecule has 3 aromatic rings. The normalized spacial score (nSPS) is 11.0. The topological polar surface area (TPSA) is 22.0 Å². The molecule has 0 atom stereocenters. The van der Waals surface area contributed by atoms with Gasteiger partial charge in [-0.2, -0.15) is 0 Å². The Morgan fingerprint density at radius 2 is 1.67 bits per heavy atom. The van der Waals surface area contributed by atoms with E-state index in [2.05, 4.69) is 46.3 Å². The van der Waals surface area contributed by atoms with Crippen molar-refractivity contribution in [3.63, 3.8) is 0 Å². The van der Waals surface area contributed by atoms with Crippen molar-refractivity contribution < 1.29 is 0 Å². The maximum Gasteiger partial charge on any atom is 0.251 e. The van der Waals surface area contributed by atoms with Gasteiger partial charge < -0.3 is 4.57 Å². The van der Waals surface area contributed by atoms with Crippen LogP contribution in [0.2, 0.25) is 0 Å². The van der Waals surface area contributed by atoms with Gasteiger partial charge in [0.25, 0.3) is 5.56 Å². The van der Waals surface area contributed by atoms with E-state index in [4.69, 9.17) is 0 Å². The number of hydrogen-bond acceptors (Lipinski definition) is 1. The molecule has 1 aromatic heterocycles. The van der Waals surface area contributed by atoms with Gasteiger partial charge in [0.15, 0.2) is 0 Å². The van der Waals surface area contributed by atoms with Crippen LogP contribution < -0.4 is 5.56 Å². The smallest absolute Gasteiger partial charge is 0.251 e. The minimum atomic E-state index is 0.0516. The minimum Gasteiger partial charge on any atom is -0.304 e. The Morgan fingerprint density at radius 1 is 1.00 bits per heavy atom. The summed E-state index contributed by atoms with van der Waals surface area (Å²) in [6.45, 7) is 2.58. The van der Waals surface area contributed by atoms with E-state index in [0.717, 1.165) is 27.4 Å². The molecule has 0 radical (unpaired) electrons. The van der Waals surface area contributed by atoms with Gasteiger partial charge in [0, 0.05) is 16.8 Å². The first-order valence-corrected chi connectivity index (χ1v) is 8.04. The molecular weight excluding hydrogens is 326 g/mol. The molecule has 0 saturated heterocycles. The molecule has 3 heteroatoms. The van der Waals surface area contributed by atoms with Crippen molar-refractivity contribution in [3.05, 3.63) is 81.6 Å². The largest absolute Gasteiger partial charge is 0.304 e. The zero-order chi connectivity index (χ0) is 14.8. The lowest BCUT2D eigenvalue weighted by Gasteiger charge is -2.12. The summed E-state index contributed by atoms with van der Waals surface area (Å²) in [4.78, 5) is 12.3. The van der Waals surface area contributed by atoms with Crippen molar-refractivity contribution in [2.75, 3.05) is 0 Å². The van der Waals surface area contributed by atoms with Crippen molar-refractivity contribution in [3.8, 4) is 0 Å². The number of pyridine rings is 1. The van der Waals surface area contributed by atoms with Crippen LogP contribution in [0, 0.1) is 6.92 Å². The first-order valence-electron chi connectivity index (χ1n) is 6.92. The molecule has 0 N–H and O–H groups in total. The lowest BCUT2D eigenvalue weighted by molar-refractivity contribution is 0.793. The average molecular weight is 342 g/mol. The van der Waals surface area contributed by atoms with E-state index < -0.39 is 0 Å². The van der Waals surface area contributed by atoms with Crippen LogP contribution in [0.5, 0.6) is 0 Å². The van der Waals surface area contributed by atoms with Crippen LogP contribution in [0.15, 0.2) is 59.4 Å². The molecule has 0 saturated carbocycles. The van der Waals surface area contributed by atoms with Crippen molar-refractivity contribution in [1.82, 2.24) is 4.57 Å². The predicted molar refractivity (Wildman–Crippen MR) is 91.1 cm³/mol. The molecule has 0 aliphatic heterocycles. The number of aryl methyl sites for hydroxylation is 1. The van der Waals surface area contributed by atoms with Crippen LogP contribution in [0.1, 0.15) is 16.7 Å². The van der Waals surface area contributed by atoms with E-state index >= 15 is 0 Å². The van der Waals surface area contributed by atoms with Gasteiger partial charge in [0.2, 0.25) is 0 Å². The second-order valence-corrected chi connectivity index (χ2v) is 5.78. The second kappa shape index (κ2) is 5.86. The van der Waals surface area contributed by atoms with Gasteiger partial charge in [-0.05, 0) is 29.7 Å². The number of benzene rings is 2. The van der Waals surface area contributed by atoms with Gasteiger partial charge in [-0.15, -0.1) is 0 Å². The zero-order valence-corrected chi connectivity index (χ0v) is 13.4. The lowest BCUT2D eigenvalue weighted by atomic mass is 10.1. The summed E-state index contributed by atoms with van der Waals surface area (Å²) in [5.74, 6) is 0. The Hall–Kier alpha value is -1.87. The first-order chi connectivity index (χ1) is 10.2. The fourth-order valence-electron chi connectivity index (χ4n) is 2.58. The monoisotopic (exact) mass is 341 g/mol. The molecule has 106 valence electrons. The van der Waals surface area contributed by atoms with Crippen LogP contribution >= 0.6 is 15.9 Å². The Balaban J connectivity index is 2.09. The molecule has 2 aromatic carbocycles. The van der Waals surface area contributed by atoms with Crippen molar-refractivity contribution in [1.29, 1.82) is 0 Å². The van der Waals surface area contributed by atoms with E-state index in [1.165, 1.54) is 5.56 Å². The number of rotatable bonds is 3. The summed E-state index contributed by atoms with van der Waals surface area (Å²) >= 11 is 3.45. The third-order valence-corrected chi connectivity index (χ3v) is 4.39. The molecule has 0 amide bonds. The highest BCUT2D eigenvalue weighted by Crippen LogP contribution is 2.17. The summed E-state index contributed by atoms with van der Waals surface area (Å²) in [7, 11) is 0. The van der Waals surface area contributed by atoms with Gasteiger partial charge >= 0.3 is 0 Å². The van der Waals surface area contributed by atoms with Crippen molar-refractivity contribution in [2.45, 2.75) is 18.8 Å². The fourth-order valence-corrected chi connectivity index (χ4v) is 2.96. The third kappa shape index (κ3) is 2.79. The molecule has 0 aliphatic carbocycles. The maximum absolute atomic E-state index is 12.3. The van der Waals surface area contributed by atoms with Gasteiger partial charge in [-0.25, -0.2) is 0 Å². The fraction of sp³-hybridized carbons (Fsp3) is 0.167. The molecule has 0 unspecified atom stereocenters. The van der Waals surface area contributed by atoms with E-state index in [0.29, 0.717) is 6.54 Å². The number of aromatic nitrogens is 1. The van der Waals surface area contributed by atoms with Gasteiger partial charge in [0.05, 0.1) is 12.1 Å². The number of hydrogen-bond donors (Lipinski definition) is 0. The summed E-state index contributed by atoms with van der Waals surface area (Å²) < 4.78 is 1.84. The predicted octanol–water partition coefficient (Wildman–Crippen LogP) is 4.25. The summed E-state index contributed by atoms with van der Waals surface area (Å²) in [5, 5.41) is 1.98. The van der Waals surface area contributed by atoms with Crippen LogP contribution in [-0.2, 0) is 11.9 Å². The number of nitrogens with zero attached hydrogens (tertiary/aromatic N) is 1. The highest BCUT2D eigenvalue weighted by Gasteiger charge is 2.06. The minimum absolute atomic E-state index is 0.0516. The molecule has 3 rings (SSSR count). The second-order valence-electron chi connectivity index (χ2n) is 5.22. The SMILES string of the molecule is Cc1cc(=O)n(Cc2ccc(CBr)cc2)c2ccccc12. The van der Waals surface area contributed by atoms with Crippen LogP contribution in [0.4, 0.5) is 0 Å². The molecule has 0 fully saturated rings. The Bertz CT molecular complexity index is 834. The van der Waals surface area contributed by atoms with Crippen molar-refractivity contribution in [2.24, 2.45) is 0 Å². The lowest BCUT2D eigenvalue weighted by Crippen LogP contribution is -2.20. The first kappa shape index (κ1) is 14.1. The molecule has 21 heavy (non-hydrogen) atoms. The van der Waals surface area contributed by atoms with E-state index in [1.807, 2.05) is 29.7 Å². The number of alkyl halides is 1. The number of para-hydroxylation sites is 1. The highest BCUT2D eigenvalue weighted by molar-refractivity contribution is 9.08. The Morgan fingerprint density at radius 3 is 2.38 bits per heavy atom. The van der Waals surface area contributed by atoms with E-state index in [1.54, 1.807) is 6.07 Å². The van der Waals surface area contributed by atoms with E-state index in [-0.39, 0.29) is 5.56 Å². The average Bonchev–Trinajstić information content (AvgIpc) is 2.52. The molecule has 0 spiro atoms. The maximum atomic E-state index is 12.3. The molecule has 0 aliphatic rings. The number of fused-ring (bicyclic) bond motifs is 1. The summed E-state index contributed by atoms with van der Waals surface area (Å²) in [5.41, 5.74) is 4.44. The molecule has 2 nitrogen and oxygen atoms in total. The summed E-state index contributed by atoms with van der Waals surface area (Å²) in [6.07, 6.45) is 0. The van der Waals surface area contributed by atoms with Crippen LogP contribution in [-0.4, -0.2) is 4.57 Å². The van der Waals surface area contributed by atoms with E-state index in [9.17, 15) is 4.79 Å². The summed E-state index contributed by atoms with van der Waals surface area (Å²) in [6, 6.07) is 18.1. The Labute approximate surface area is 132 Å². The Kier molecular flexibility index (Phi) is 3.93. The van der Waals surface area contributed by atoms with Crippen LogP contribution in [0.3, 0.4) is 0 Å². The molecule has 1 heterocycles. The standard InChI is InChI=1S/C18H16BrNO/c1-13-10-18(21)20(17-5-3-2-4-16(13)17)12-15-8-6-14(11-19)7-9-15/h2-10H,11-12H2,1H3. The third-order valence-electron chi connectivity index (χ3n) is 3.74.